The van der Waals surface area contributed by atoms with E-state index in [2.05, 4.69) is 0 Å². The van der Waals surface area contributed by atoms with Crippen molar-refractivity contribution < 1.29 is 14.6 Å². The van der Waals surface area contributed by atoms with E-state index >= 15 is 0 Å². The second-order valence-electron chi connectivity index (χ2n) is 4.76. The van der Waals surface area contributed by atoms with Crippen LogP contribution >= 0.6 is 0 Å². The highest BCUT2D eigenvalue weighted by Gasteiger charge is 2.14. The van der Waals surface area contributed by atoms with Crippen LogP contribution in [-0.2, 0) is 6.54 Å². The number of aryl methyl sites for hydroxylation is 1. The molecule has 0 aliphatic carbocycles. The minimum Gasteiger partial charge on any atom is -0.494 e. The van der Waals surface area contributed by atoms with Crippen molar-refractivity contribution in [2.45, 2.75) is 27.3 Å². The van der Waals surface area contributed by atoms with E-state index in [0.29, 0.717) is 18.7 Å². The van der Waals surface area contributed by atoms with Crippen LogP contribution in [0.25, 0.3) is 0 Å². The van der Waals surface area contributed by atoms with Gasteiger partial charge in [-0.2, -0.15) is 0 Å². The monoisotopic (exact) mass is 273 g/mol. The molecule has 0 atom stereocenters. The van der Waals surface area contributed by atoms with Gasteiger partial charge in [0.15, 0.2) is 0 Å². The normalized spacial score (nSPS) is 10.6. The van der Waals surface area contributed by atoms with Crippen LogP contribution in [0.15, 0.2) is 30.3 Å². The largest absolute Gasteiger partial charge is 0.494 e. The summed E-state index contributed by atoms with van der Waals surface area (Å²) in [7, 11) is 0. The van der Waals surface area contributed by atoms with Crippen LogP contribution in [0.4, 0.5) is 0 Å². The number of ether oxygens (including phenoxy) is 1. The lowest BCUT2D eigenvalue weighted by atomic mass is 10.2. The molecule has 1 aromatic heterocycles. The molecule has 0 saturated carbocycles. The molecule has 0 bridgehead atoms. The van der Waals surface area contributed by atoms with Crippen molar-refractivity contribution in [1.82, 2.24) is 4.57 Å². The highest BCUT2D eigenvalue weighted by molar-refractivity contribution is 5.89. The summed E-state index contributed by atoms with van der Waals surface area (Å²) in [5.74, 6) is -0.0432. The number of carboxylic acid groups (broad SMARTS) is 1. The standard InChI is InChI=1S/C16H19NO3/c1-4-20-14-7-5-6-13(9-14)10-17-11(2)8-15(12(17)3)16(18)19/h5-9H,4,10H2,1-3H3,(H,18,19). The molecule has 0 radical (unpaired) electrons. The molecule has 1 heterocycles. The Morgan fingerprint density at radius 2 is 2.05 bits per heavy atom. The summed E-state index contributed by atoms with van der Waals surface area (Å²) in [6.45, 7) is 6.99. The Bertz CT molecular complexity index is 629. The summed E-state index contributed by atoms with van der Waals surface area (Å²) in [6, 6.07) is 9.59. The molecule has 0 spiro atoms. The van der Waals surface area contributed by atoms with Gasteiger partial charge in [0.05, 0.1) is 12.2 Å². The van der Waals surface area contributed by atoms with Gasteiger partial charge < -0.3 is 14.4 Å². The Balaban J connectivity index is 2.30. The Kier molecular flexibility index (Phi) is 4.13. The number of hydrogen-bond acceptors (Lipinski definition) is 2. The predicted octanol–water partition coefficient (Wildman–Crippen LogP) is 3.25. The van der Waals surface area contributed by atoms with Gasteiger partial charge in [-0.3, -0.25) is 0 Å². The molecule has 0 unspecified atom stereocenters. The Morgan fingerprint density at radius 1 is 1.30 bits per heavy atom. The van der Waals surface area contributed by atoms with Crippen molar-refractivity contribution in [2.24, 2.45) is 0 Å². The third-order valence-electron chi connectivity index (χ3n) is 3.35. The highest BCUT2D eigenvalue weighted by Crippen LogP contribution is 2.19. The highest BCUT2D eigenvalue weighted by atomic mass is 16.5. The summed E-state index contributed by atoms with van der Waals surface area (Å²) in [6.07, 6.45) is 0. The molecule has 2 rings (SSSR count). The van der Waals surface area contributed by atoms with Gasteiger partial charge in [0.25, 0.3) is 0 Å². The number of carbonyl (C=O) groups is 1. The van der Waals surface area contributed by atoms with Gasteiger partial charge in [0, 0.05) is 17.9 Å². The summed E-state index contributed by atoms with van der Waals surface area (Å²) in [5, 5.41) is 9.15. The first-order chi connectivity index (χ1) is 9.52. The minimum absolute atomic E-state index is 0.364. The van der Waals surface area contributed by atoms with Gasteiger partial charge in [-0.05, 0) is 44.5 Å². The molecular formula is C16H19NO3. The first-order valence-electron chi connectivity index (χ1n) is 6.64. The maximum Gasteiger partial charge on any atom is 0.337 e. The summed E-state index contributed by atoms with van der Waals surface area (Å²) < 4.78 is 7.49. The topological polar surface area (TPSA) is 51.5 Å². The molecule has 4 heteroatoms. The molecule has 106 valence electrons. The third kappa shape index (κ3) is 2.85. The SMILES string of the molecule is CCOc1cccc(Cn2c(C)cc(C(=O)O)c2C)c1. The van der Waals surface area contributed by atoms with Gasteiger partial charge in [-0.1, -0.05) is 12.1 Å². The van der Waals surface area contributed by atoms with Crippen LogP contribution in [-0.4, -0.2) is 22.2 Å². The van der Waals surface area contributed by atoms with Crippen LogP contribution in [0.1, 0.15) is 34.2 Å². The van der Waals surface area contributed by atoms with Crippen molar-refractivity contribution in [3.8, 4) is 5.75 Å². The lowest BCUT2D eigenvalue weighted by Gasteiger charge is -2.11. The molecule has 0 fully saturated rings. The number of aromatic carboxylic acids is 1. The lowest BCUT2D eigenvalue weighted by molar-refractivity contribution is 0.0696. The molecule has 2 aromatic rings. The lowest BCUT2D eigenvalue weighted by Crippen LogP contribution is -2.06. The summed E-state index contributed by atoms with van der Waals surface area (Å²) in [4.78, 5) is 11.1. The van der Waals surface area contributed by atoms with E-state index < -0.39 is 5.97 Å². The number of nitrogens with zero attached hydrogens (tertiary/aromatic N) is 1. The number of hydrogen-bond donors (Lipinski definition) is 1. The fourth-order valence-corrected chi connectivity index (χ4v) is 2.34. The predicted molar refractivity (Wildman–Crippen MR) is 77.6 cm³/mol. The van der Waals surface area contributed by atoms with E-state index in [-0.39, 0.29) is 0 Å². The van der Waals surface area contributed by atoms with Crippen molar-refractivity contribution in [1.29, 1.82) is 0 Å². The van der Waals surface area contributed by atoms with Crippen LogP contribution in [0, 0.1) is 13.8 Å². The maximum atomic E-state index is 11.1. The van der Waals surface area contributed by atoms with Crippen LogP contribution < -0.4 is 4.74 Å². The van der Waals surface area contributed by atoms with E-state index in [4.69, 9.17) is 9.84 Å². The Morgan fingerprint density at radius 3 is 2.65 bits per heavy atom. The molecule has 20 heavy (non-hydrogen) atoms. The molecule has 1 aromatic carbocycles. The van der Waals surface area contributed by atoms with Crippen molar-refractivity contribution in [2.75, 3.05) is 6.61 Å². The fourth-order valence-electron chi connectivity index (χ4n) is 2.34. The smallest absolute Gasteiger partial charge is 0.337 e. The van der Waals surface area contributed by atoms with E-state index in [1.807, 2.05) is 49.6 Å². The van der Waals surface area contributed by atoms with Gasteiger partial charge in [-0.25, -0.2) is 4.79 Å². The van der Waals surface area contributed by atoms with Gasteiger partial charge in [-0.15, -0.1) is 0 Å². The molecule has 0 aliphatic heterocycles. The van der Waals surface area contributed by atoms with E-state index in [9.17, 15) is 4.79 Å². The molecule has 4 nitrogen and oxygen atoms in total. The van der Waals surface area contributed by atoms with Gasteiger partial charge >= 0.3 is 5.97 Å². The maximum absolute atomic E-state index is 11.1. The van der Waals surface area contributed by atoms with E-state index in [1.165, 1.54) is 0 Å². The second-order valence-corrected chi connectivity index (χ2v) is 4.76. The number of rotatable bonds is 5. The zero-order valence-corrected chi connectivity index (χ0v) is 12.0. The first kappa shape index (κ1) is 14.2. The van der Waals surface area contributed by atoms with Crippen LogP contribution in [0.5, 0.6) is 5.75 Å². The molecule has 0 aliphatic rings. The van der Waals surface area contributed by atoms with Crippen LogP contribution in [0.3, 0.4) is 0 Å². The molecular weight excluding hydrogens is 254 g/mol. The van der Waals surface area contributed by atoms with E-state index in [0.717, 1.165) is 22.7 Å². The quantitative estimate of drug-likeness (QED) is 0.909. The van der Waals surface area contributed by atoms with Crippen molar-refractivity contribution >= 4 is 5.97 Å². The van der Waals surface area contributed by atoms with Crippen molar-refractivity contribution in [3.63, 3.8) is 0 Å². The van der Waals surface area contributed by atoms with Crippen LogP contribution in [0.2, 0.25) is 0 Å². The van der Waals surface area contributed by atoms with Gasteiger partial charge in [0.1, 0.15) is 5.75 Å². The zero-order chi connectivity index (χ0) is 14.7. The second kappa shape index (κ2) is 5.82. The number of benzene rings is 1. The average Bonchev–Trinajstić information content (AvgIpc) is 2.68. The fraction of sp³-hybridized carbons (Fsp3) is 0.312. The summed E-state index contributed by atoms with van der Waals surface area (Å²) >= 11 is 0. The third-order valence-corrected chi connectivity index (χ3v) is 3.35. The van der Waals surface area contributed by atoms with E-state index in [1.54, 1.807) is 6.07 Å². The molecule has 0 amide bonds. The number of carboxylic acids is 1. The number of aromatic nitrogens is 1. The minimum atomic E-state index is -0.882. The Hall–Kier alpha value is -2.23. The first-order valence-corrected chi connectivity index (χ1v) is 6.64. The summed E-state index contributed by atoms with van der Waals surface area (Å²) in [5.41, 5.74) is 3.18. The van der Waals surface area contributed by atoms with Crippen molar-refractivity contribution in [3.05, 3.63) is 52.8 Å². The molecule has 0 saturated heterocycles. The molecule has 1 N–H and O–H groups in total. The Labute approximate surface area is 118 Å². The van der Waals surface area contributed by atoms with Gasteiger partial charge in [0.2, 0.25) is 0 Å². The zero-order valence-electron chi connectivity index (χ0n) is 12.0. The average molecular weight is 273 g/mol.